The number of aryl methyl sites for hydroxylation is 2. The van der Waals surface area contributed by atoms with Gasteiger partial charge in [0.25, 0.3) is 0 Å². The van der Waals surface area contributed by atoms with Crippen molar-refractivity contribution in [3.8, 4) is 0 Å². The Bertz CT molecular complexity index is 726. The van der Waals surface area contributed by atoms with Crippen LogP contribution in [-0.4, -0.2) is 32.8 Å². The molecule has 2 fully saturated rings. The molecule has 0 spiro atoms. The van der Waals surface area contributed by atoms with Crippen molar-refractivity contribution >= 4 is 11.7 Å². The van der Waals surface area contributed by atoms with Gasteiger partial charge >= 0.3 is 6.03 Å². The van der Waals surface area contributed by atoms with Crippen molar-refractivity contribution in [2.75, 3.05) is 5.32 Å². The number of piperidine rings is 1. The Labute approximate surface area is 142 Å². The molecule has 24 heavy (non-hydrogen) atoms. The lowest BCUT2D eigenvalue weighted by molar-refractivity contribution is 0.129. The number of carbonyl (C=O) groups is 1. The minimum Gasteiger partial charge on any atom is -0.318 e. The number of benzene rings is 1. The van der Waals surface area contributed by atoms with Gasteiger partial charge in [-0.15, -0.1) is 0 Å². The van der Waals surface area contributed by atoms with Crippen LogP contribution in [0.25, 0.3) is 0 Å². The van der Waals surface area contributed by atoms with Crippen LogP contribution in [0, 0.1) is 13.8 Å². The average Bonchev–Trinajstić information content (AvgIpc) is 3.18. The highest BCUT2D eigenvalue weighted by Gasteiger charge is 2.43. The number of anilines is 1. The van der Waals surface area contributed by atoms with Gasteiger partial charge in [0.1, 0.15) is 0 Å². The Morgan fingerprint density at radius 2 is 1.88 bits per heavy atom. The van der Waals surface area contributed by atoms with E-state index >= 15 is 0 Å². The first-order chi connectivity index (χ1) is 11.6. The molecule has 0 radical (unpaired) electrons. The second-order valence-electron chi connectivity index (χ2n) is 7.13. The summed E-state index contributed by atoms with van der Waals surface area (Å²) in [4.78, 5) is 14.9. The van der Waals surface area contributed by atoms with Crippen LogP contribution >= 0.6 is 0 Å². The maximum atomic E-state index is 12.8. The molecule has 2 aromatic rings. The van der Waals surface area contributed by atoms with E-state index in [1.165, 1.54) is 11.1 Å². The van der Waals surface area contributed by atoms with Gasteiger partial charge in [-0.1, -0.05) is 6.07 Å². The van der Waals surface area contributed by atoms with Gasteiger partial charge in [-0.05, 0) is 68.9 Å². The van der Waals surface area contributed by atoms with Crippen LogP contribution in [0.1, 0.15) is 42.9 Å². The fourth-order valence-corrected chi connectivity index (χ4v) is 4.20. The normalized spacial score (nSPS) is 25.8. The van der Waals surface area contributed by atoms with Crippen molar-refractivity contribution in [2.24, 2.45) is 0 Å². The first kappa shape index (κ1) is 15.2. The highest BCUT2D eigenvalue weighted by Crippen LogP contribution is 2.40. The molecule has 0 saturated carbocycles. The maximum absolute atomic E-state index is 12.8. The summed E-state index contributed by atoms with van der Waals surface area (Å²) in [5.41, 5.74) is 3.33. The standard InChI is InChI=1S/C19H24N4O/c1-13-4-5-15(10-14(13)2)21-19(24)23-16-6-7-17(23)12-18(11-16)22-9-3-8-20-22/h3-5,8-10,16-18H,6-7,11-12H2,1-2H3,(H,21,24). The highest BCUT2D eigenvalue weighted by atomic mass is 16.2. The van der Waals surface area contributed by atoms with E-state index < -0.39 is 0 Å². The molecule has 3 heterocycles. The smallest absolute Gasteiger partial charge is 0.318 e. The van der Waals surface area contributed by atoms with E-state index in [1.54, 1.807) is 0 Å². The number of nitrogens with zero attached hydrogens (tertiary/aromatic N) is 3. The summed E-state index contributed by atoms with van der Waals surface area (Å²) in [6.45, 7) is 4.16. The Balaban J connectivity index is 1.47. The van der Waals surface area contributed by atoms with Gasteiger partial charge in [0.15, 0.2) is 0 Å². The first-order valence-electron chi connectivity index (χ1n) is 8.77. The van der Waals surface area contributed by atoms with Gasteiger partial charge < -0.3 is 10.2 Å². The van der Waals surface area contributed by atoms with E-state index in [2.05, 4.69) is 39.9 Å². The van der Waals surface area contributed by atoms with E-state index in [-0.39, 0.29) is 6.03 Å². The molecule has 1 N–H and O–H groups in total. The Kier molecular flexibility index (Phi) is 3.79. The molecule has 5 nitrogen and oxygen atoms in total. The monoisotopic (exact) mass is 324 g/mol. The van der Waals surface area contributed by atoms with E-state index in [0.29, 0.717) is 18.1 Å². The Morgan fingerprint density at radius 1 is 1.12 bits per heavy atom. The molecule has 2 unspecified atom stereocenters. The third kappa shape index (κ3) is 2.68. The molecule has 5 heteroatoms. The number of fused-ring (bicyclic) bond motifs is 2. The van der Waals surface area contributed by atoms with Gasteiger partial charge in [0, 0.05) is 30.2 Å². The van der Waals surface area contributed by atoms with Crippen LogP contribution in [0.5, 0.6) is 0 Å². The quantitative estimate of drug-likeness (QED) is 0.911. The van der Waals surface area contributed by atoms with Crippen LogP contribution in [-0.2, 0) is 0 Å². The molecule has 2 bridgehead atoms. The molecule has 2 amide bonds. The van der Waals surface area contributed by atoms with Crippen molar-refractivity contribution in [3.05, 3.63) is 47.8 Å². The molecule has 4 rings (SSSR count). The molecule has 2 saturated heterocycles. The average molecular weight is 324 g/mol. The molecule has 1 aromatic heterocycles. The molecule has 2 atom stereocenters. The lowest BCUT2D eigenvalue weighted by atomic mass is 9.98. The van der Waals surface area contributed by atoms with Crippen molar-refractivity contribution in [2.45, 2.75) is 57.7 Å². The molecule has 1 aromatic carbocycles. The summed E-state index contributed by atoms with van der Waals surface area (Å²) < 4.78 is 2.06. The summed E-state index contributed by atoms with van der Waals surface area (Å²) in [5, 5.41) is 7.48. The van der Waals surface area contributed by atoms with Gasteiger partial charge in [-0.2, -0.15) is 5.10 Å². The lowest BCUT2D eigenvalue weighted by Crippen LogP contribution is -2.48. The molecule has 2 aliphatic rings. The SMILES string of the molecule is Cc1ccc(NC(=O)N2C3CCC2CC(n2cccn2)C3)cc1C. The Morgan fingerprint density at radius 3 is 2.50 bits per heavy atom. The minimum atomic E-state index is 0.0460. The first-order valence-corrected chi connectivity index (χ1v) is 8.77. The van der Waals surface area contributed by atoms with Gasteiger partial charge in [0.05, 0.1) is 6.04 Å². The van der Waals surface area contributed by atoms with Gasteiger partial charge in [-0.25, -0.2) is 4.79 Å². The predicted molar refractivity (Wildman–Crippen MR) is 94.1 cm³/mol. The zero-order valence-corrected chi connectivity index (χ0v) is 14.3. The predicted octanol–water partition coefficient (Wildman–Crippen LogP) is 3.90. The number of amides is 2. The fourth-order valence-electron chi connectivity index (χ4n) is 4.20. The second-order valence-corrected chi connectivity index (χ2v) is 7.13. The number of aromatic nitrogens is 2. The van der Waals surface area contributed by atoms with Crippen LogP contribution in [0.15, 0.2) is 36.7 Å². The third-order valence-electron chi connectivity index (χ3n) is 5.60. The summed E-state index contributed by atoms with van der Waals surface area (Å²) >= 11 is 0. The summed E-state index contributed by atoms with van der Waals surface area (Å²) in [6.07, 6.45) is 8.07. The summed E-state index contributed by atoms with van der Waals surface area (Å²) in [5.74, 6) is 0. The van der Waals surface area contributed by atoms with Crippen LogP contribution in [0.4, 0.5) is 10.5 Å². The van der Waals surface area contributed by atoms with Crippen molar-refractivity contribution in [3.63, 3.8) is 0 Å². The largest absolute Gasteiger partial charge is 0.322 e. The van der Waals surface area contributed by atoms with Crippen molar-refractivity contribution < 1.29 is 4.79 Å². The molecular weight excluding hydrogens is 300 g/mol. The Hall–Kier alpha value is -2.30. The van der Waals surface area contributed by atoms with Crippen molar-refractivity contribution in [1.82, 2.24) is 14.7 Å². The molecule has 0 aliphatic carbocycles. The molecular formula is C19H24N4O. The van der Waals surface area contributed by atoms with E-state index in [0.717, 1.165) is 31.4 Å². The molecule has 2 aliphatic heterocycles. The van der Waals surface area contributed by atoms with Crippen LogP contribution < -0.4 is 5.32 Å². The minimum absolute atomic E-state index is 0.0460. The molecule has 126 valence electrons. The second kappa shape index (κ2) is 5.96. The number of hydrogen-bond acceptors (Lipinski definition) is 2. The highest BCUT2D eigenvalue weighted by molar-refractivity contribution is 5.90. The number of nitrogens with one attached hydrogen (secondary N) is 1. The number of hydrogen-bond donors (Lipinski definition) is 1. The topological polar surface area (TPSA) is 50.2 Å². The third-order valence-corrected chi connectivity index (χ3v) is 5.60. The number of urea groups is 1. The summed E-state index contributed by atoms with van der Waals surface area (Å²) in [7, 11) is 0. The van der Waals surface area contributed by atoms with Crippen LogP contribution in [0.2, 0.25) is 0 Å². The van der Waals surface area contributed by atoms with Crippen LogP contribution in [0.3, 0.4) is 0 Å². The van der Waals surface area contributed by atoms with E-state index in [4.69, 9.17) is 0 Å². The maximum Gasteiger partial charge on any atom is 0.322 e. The van der Waals surface area contributed by atoms with Gasteiger partial charge in [-0.3, -0.25) is 4.68 Å². The number of rotatable bonds is 2. The van der Waals surface area contributed by atoms with E-state index in [1.807, 2.05) is 30.6 Å². The lowest BCUT2D eigenvalue weighted by Gasteiger charge is -2.38. The number of carbonyl (C=O) groups excluding carboxylic acids is 1. The van der Waals surface area contributed by atoms with E-state index in [9.17, 15) is 4.79 Å². The van der Waals surface area contributed by atoms with Gasteiger partial charge in [0.2, 0.25) is 0 Å². The summed E-state index contributed by atoms with van der Waals surface area (Å²) in [6, 6.07) is 9.18. The zero-order valence-electron chi connectivity index (χ0n) is 14.3. The zero-order chi connectivity index (χ0) is 16.7. The van der Waals surface area contributed by atoms with Crippen molar-refractivity contribution in [1.29, 1.82) is 0 Å². The fraction of sp³-hybridized carbons (Fsp3) is 0.474.